The highest BCUT2D eigenvalue weighted by Gasteiger charge is 2.15. The molecule has 104 valence electrons. The molecule has 1 aromatic rings. The second kappa shape index (κ2) is 6.33. The van der Waals surface area contributed by atoms with E-state index in [1.165, 1.54) is 24.3 Å². The molecule has 0 saturated carbocycles. The second-order valence-corrected chi connectivity index (χ2v) is 6.14. The summed E-state index contributed by atoms with van der Waals surface area (Å²) in [7, 11) is -3.51. The van der Waals surface area contributed by atoms with Crippen LogP contribution in [-0.2, 0) is 25.8 Å². The van der Waals surface area contributed by atoms with Crippen LogP contribution in [0.2, 0.25) is 0 Å². The van der Waals surface area contributed by atoms with Crippen LogP contribution in [-0.4, -0.2) is 36.3 Å². The van der Waals surface area contributed by atoms with Crippen LogP contribution in [0.4, 0.5) is 0 Å². The van der Waals surface area contributed by atoms with Crippen LogP contribution in [0.3, 0.4) is 0 Å². The molecule has 0 unspecified atom stereocenters. The Labute approximate surface area is 110 Å². The molecule has 0 aliphatic heterocycles. The molecule has 0 bridgehead atoms. The average molecular weight is 286 g/mol. The summed E-state index contributed by atoms with van der Waals surface area (Å²) in [5.74, 6) is -2.26. The molecule has 0 radical (unpaired) electrons. The highest BCUT2D eigenvalue weighted by molar-refractivity contribution is 7.91. The maximum Gasteiger partial charge on any atom is 0.307 e. The van der Waals surface area contributed by atoms with E-state index in [-0.39, 0.29) is 29.9 Å². The smallest absolute Gasteiger partial charge is 0.307 e. The Morgan fingerprint density at radius 2 is 1.58 bits per heavy atom. The van der Waals surface area contributed by atoms with Gasteiger partial charge in [-0.3, -0.25) is 9.59 Å². The molecule has 0 aromatic heterocycles. The van der Waals surface area contributed by atoms with Crippen LogP contribution in [0, 0.1) is 0 Å². The number of sulfone groups is 1. The first-order valence-corrected chi connectivity index (χ1v) is 7.22. The van der Waals surface area contributed by atoms with Gasteiger partial charge in [0.25, 0.3) is 0 Å². The monoisotopic (exact) mass is 286 g/mol. The summed E-state index contributed by atoms with van der Waals surface area (Å²) in [6.07, 6.45) is -0.315. The lowest BCUT2D eigenvalue weighted by Gasteiger charge is -2.04. The van der Waals surface area contributed by atoms with Gasteiger partial charge < -0.3 is 10.2 Å². The Morgan fingerprint density at radius 1 is 1.00 bits per heavy atom. The van der Waals surface area contributed by atoms with Gasteiger partial charge in [0.05, 0.1) is 17.1 Å². The molecule has 0 aliphatic carbocycles. The van der Waals surface area contributed by atoms with E-state index in [9.17, 15) is 18.0 Å². The molecule has 0 heterocycles. The average Bonchev–Trinajstić information content (AvgIpc) is 2.28. The van der Waals surface area contributed by atoms with E-state index in [2.05, 4.69) is 0 Å². The molecule has 0 fully saturated rings. The lowest BCUT2D eigenvalue weighted by Crippen LogP contribution is -2.09. The fourth-order valence-electron chi connectivity index (χ4n) is 1.52. The first-order valence-electron chi connectivity index (χ1n) is 5.56. The Kier molecular flexibility index (Phi) is 5.05. The van der Waals surface area contributed by atoms with Crippen molar-refractivity contribution >= 4 is 21.8 Å². The van der Waals surface area contributed by atoms with E-state index in [0.29, 0.717) is 5.56 Å². The van der Waals surface area contributed by atoms with Crippen LogP contribution in [0.1, 0.15) is 18.4 Å². The van der Waals surface area contributed by atoms with E-state index in [0.717, 1.165) is 0 Å². The van der Waals surface area contributed by atoms with Crippen LogP contribution >= 0.6 is 0 Å². The van der Waals surface area contributed by atoms with E-state index >= 15 is 0 Å². The summed E-state index contributed by atoms with van der Waals surface area (Å²) in [6.45, 7) is 0. The summed E-state index contributed by atoms with van der Waals surface area (Å²) in [6, 6.07) is 5.57. The highest BCUT2D eigenvalue weighted by Crippen LogP contribution is 2.14. The summed E-state index contributed by atoms with van der Waals surface area (Å²) in [5.41, 5.74) is 0.511. The van der Waals surface area contributed by atoms with Gasteiger partial charge in [0.15, 0.2) is 9.84 Å². The summed E-state index contributed by atoms with van der Waals surface area (Å²) in [5, 5.41) is 17.0. The Balaban J connectivity index is 2.73. The summed E-state index contributed by atoms with van der Waals surface area (Å²) >= 11 is 0. The zero-order valence-electron chi connectivity index (χ0n) is 10.1. The minimum Gasteiger partial charge on any atom is -0.481 e. The highest BCUT2D eigenvalue weighted by atomic mass is 32.2. The van der Waals surface area contributed by atoms with E-state index in [1.807, 2.05) is 0 Å². The third kappa shape index (κ3) is 5.09. The lowest BCUT2D eigenvalue weighted by atomic mass is 10.2. The quantitative estimate of drug-likeness (QED) is 0.772. The number of rotatable bonds is 7. The van der Waals surface area contributed by atoms with Crippen molar-refractivity contribution in [2.24, 2.45) is 0 Å². The number of carbonyl (C=O) groups is 2. The second-order valence-electron chi connectivity index (χ2n) is 4.03. The Hall–Kier alpha value is -1.89. The minimum atomic E-state index is -3.51. The number of aliphatic carboxylic acids is 2. The van der Waals surface area contributed by atoms with Crippen molar-refractivity contribution in [3.8, 4) is 0 Å². The van der Waals surface area contributed by atoms with Crippen LogP contribution < -0.4 is 0 Å². The molecule has 7 heteroatoms. The molecule has 0 atom stereocenters. The minimum absolute atomic E-state index is 0.0501. The molecule has 1 rings (SSSR count). The van der Waals surface area contributed by atoms with Crippen molar-refractivity contribution in [3.05, 3.63) is 29.8 Å². The zero-order chi connectivity index (χ0) is 14.5. The largest absolute Gasteiger partial charge is 0.481 e. The summed E-state index contributed by atoms with van der Waals surface area (Å²) < 4.78 is 23.7. The fourth-order valence-corrected chi connectivity index (χ4v) is 2.83. The van der Waals surface area contributed by atoms with Crippen molar-refractivity contribution in [2.45, 2.75) is 24.2 Å². The molecule has 0 spiro atoms. The Bertz CT molecular complexity index is 558. The van der Waals surface area contributed by atoms with Gasteiger partial charge in [-0.25, -0.2) is 8.42 Å². The van der Waals surface area contributed by atoms with Gasteiger partial charge in [-0.15, -0.1) is 0 Å². The SMILES string of the molecule is O=C(O)CCCS(=O)(=O)c1ccc(CC(=O)O)cc1. The number of carboxylic acids is 2. The predicted octanol–water partition coefficient (Wildman–Crippen LogP) is 0.952. The molecule has 1 aromatic carbocycles. The number of hydrogen-bond acceptors (Lipinski definition) is 4. The molecule has 0 saturated heterocycles. The van der Waals surface area contributed by atoms with Gasteiger partial charge in [0.2, 0.25) is 0 Å². The van der Waals surface area contributed by atoms with Crippen LogP contribution in [0.5, 0.6) is 0 Å². The van der Waals surface area contributed by atoms with Gasteiger partial charge in [0.1, 0.15) is 0 Å². The van der Waals surface area contributed by atoms with E-state index < -0.39 is 21.8 Å². The Morgan fingerprint density at radius 3 is 2.05 bits per heavy atom. The lowest BCUT2D eigenvalue weighted by molar-refractivity contribution is -0.137. The third-order valence-corrected chi connectivity index (χ3v) is 4.26. The third-order valence-electron chi connectivity index (χ3n) is 2.44. The van der Waals surface area contributed by atoms with Crippen LogP contribution in [0.25, 0.3) is 0 Å². The van der Waals surface area contributed by atoms with Gasteiger partial charge in [-0.2, -0.15) is 0 Å². The normalized spacial score (nSPS) is 11.2. The maximum atomic E-state index is 11.8. The zero-order valence-corrected chi connectivity index (χ0v) is 10.9. The first-order chi connectivity index (χ1) is 8.81. The van der Waals surface area contributed by atoms with Crippen molar-refractivity contribution < 1.29 is 28.2 Å². The molecular weight excluding hydrogens is 272 g/mol. The van der Waals surface area contributed by atoms with Gasteiger partial charge in [-0.05, 0) is 24.1 Å². The van der Waals surface area contributed by atoms with Crippen molar-refractivity contribution in [1.82, 2.24) is 0 Å². The number of carboxylic acid groups (broad SMARTS) is 2. The number of benzene rings is 1. The van der Waals surface area contributed by atoms with Gasteiger partial charge in [-0.1, -0.05) is 12.1 Å². The summed E-state index contributed by atoms with van der Waals surface area (Å²) in [4.78, 5) is 20.9. The molecule has 6 nitrogen and oxygen atoms in total. The predicted molar refractivity (Wildman–Crippen MR) is 66.7 cm³/mol. The topological polar surface area (TPSA) is 109 Å². The van der Waals surface area contributed by atoms with Crippen LogP contribution in [0.15, 0.2) is 29.2 Å². The van der Waals surface area contributed by atoms with Gasteiger partial charge >= 0.3 is 11.9 Å². The molecular formula is C12H14O6S. The van der Waals surface area contributed by atoms with Crippen molar-refractivity contribution in [3.63, 3.8) is 0 Å². The number of hydrogen-bond donors (Lipinski definition) is 2. The molecule has 19 heavy (non-hydrogen) atoms. The van der Waals surface area contributed by atoms with E-state index in [1.54, 1.807) is 0 Å². The standard InChI is InChI=1S/C12H14O6S/c13-11(14)2-1-7-19(17,18)10-5-3-9(4-6-10)8-12(15)16/h3-6H,1-2,7-8H2,(H,13,14)(H,15,16). The van der Waals surface area contributed by atoms with E-state index in [4.69, 9.17) is 10.2 Å². The molecule has 0 amide bonds. The first kappa shape index (κ1) is 15.2. The van der Waals surface area contributed by atoms with Crippen molar-refractivity contribution in [1.29, 1.82) is 0 Å². The fraction of sp³-hybridized carbons (Fsp3) is 0.333. The molecule has 0 aliphatic rings. The molecule has 2 N–H and O–H groups in total. The maximum absolute atomic E-state index is 11.8. The van der Waals surface area contributed by atoms with Gasteiger partial charge in [0, 0.05) is 6.42 Å². The van der Waals surface area contributed by atoms with Crippen molar-refractivity contribution in [2.75, 3.05) is 5.75 Å².